The Bertz CT molecular complexity index is 908. The third kappa shape index (κ3) is 4.57. The number of phenolic OH excluding ortho intramolecular Hbond substituents is 2. The highest BCUT2D eigenvalue weighted by Gasteiger charge is 2.08. The number of hydrogen-bond acceptors (Lipinski definition) is 5. The van der Waals surface area contributed by atoms with Crippen molar-refractivity contribution in [2.45, 2.75) is 4.90 Å². The van der Waals surface area contributed by atoms with Crippen molar-refractivity contribution in [3.05, 3.63) is 52.5 Å². The van der Waals surface area contributed by atoms with Gasteiger partial charge in [-0.3, -0.25) is 4.79 Å². The second kappa shape index (κ2) is 7.04. The summed E-state index contributed by atoms with van der Waals surface area (Å²) in [7, 11) is -3.78. The van der Waals surface area contributed by atoms with Gasteiger partial charge in [-0.05, 0) is 48.0 Å². The van der Waals surface area contributed by atoms with Crippen molar-refractivity contribution in [3.8, 4) is 11.5 Å². The van der Waals surface area contributed by atoms with Crippen LogP contribution in [-0.4, -0.2) is 24.5 Å². The zero-order chi connectivity index (χ0) is 17.9. The number of nitrogens with two attached hydrogens (primary N) is 1. The number of halogens is 1. The maximum Gasteiger partial charge on any atom is 0.248 e. The molecule has 7 nitrogen and oxygen atoms in total. The zero-order valence-electron chi connectivity index (χ0n) is 12.1. The van der Waals surface area contributed by atoms with E-state index in [1.165, 1.54) is 48.6 Å². The molecule has 2 rings (SSSR count). The number of primary sulfonamides is 1. The second-order valence-corrected chi connectivity index (χ2v) is 7.17. The number of carbonyl (C=O) groups excluding carboxylic acids is 1. The van der Waals surface area contributed by atoms with Crippen LogP contribution >= 0.6 is 15.9 Å². The summed E-state index contributed by atoms with van der Waals surface area (Å²) in [5.74, 6) is -1.05. The predicted molar refractivity (Wildman–Crippen MR) is 93.0 cm³/mol. The van der Waals surface area contributed by atoms with Crippen molar-refractivity contribution in [2.75, 3.05) is 5.32 Å². The van der Waals surface area contributed by atoms with Crippen LogP contribution in [0.25, 0.3) is 6.08 Å². The number of amides is 1. The Hall–Kier alpha value is -2.36. The highest BCUT2D eigenvalue weighted by Crippen LogP contribution is 2.32. The Balaban J connectivity index is 2.09. The minimum absolute atomic E-state index is 0.0560. The first-order valence-corrected chi connectivity index (χ1v) is 8.84. The smallest absolute Gasteiger partial charge is 0.248 e. The predicted octanol–water partition coefficient (Wildman–Crippen LogP) is 2.16. The standard InChI is InChI=1S/C15H13BrN2O5S/c16-12-8-14(20)13(19)7-9(12)1-6-15(21)18-10-2-4-11(5-3-10)24(17,22)23/h1-8,19-20H,(H,18,21)(H2,17,22,23)/b6-1+. The molecule has 0 saturated heterocycles. The lowest BCUT2D eigenvalue weighted by atomic mass is 10.2. The molecule has 5 N–H and O–H groups in total. The number of phenols is 2. The van der Waals surface area contributed by atoms with Crippen LogP contribution in [0.3, 0.4) is 0 Å². The van der Waals surface area contributed by atoms with Crippen LogP contribution in [0.2, 0.25) is 0 Å². The maximum atomic E-state index is 11.9. The van der Waals surface area contributed by atoms with E-state index in [4.69, 9.17) is 5.14 Å². The van der Waals surface area contributed by atoms with Gasteiger partial charge in [0, 0.05) is 16.2 Å². The van der Waals surface area contributed by atoms with Crippen molar-refractivity contribution in [1.29, 1.82) is 0 Å². The molecule has 2 aromatic rings. The summed E-state index contributed by atoms with van der Waals surface area (Å²) >= 11 is 3.20. The van der Waals surface area contributed by atoms with Crippen LogP contribution in [0.5, 0.6) is 11.5 Å². The minimum Gasteiger partial charge on any atom is -0.504 e. The normalized spacial score (nSPS) is 11.6. The van der Waals surface area contributed by atoms with Gasteiger partial charge in [-0.1, -0.05) is 15.9 Å². The number of carbonyl (C=O) groups is 1. The average molecular weight is 413 g/mol. The van der Waals surface area contributed by atoms with Gasteiger partial charge < -0.3 is 15.5 Å². The quantitative estimate of drug-likeness (QED) is 0.451. The fourth-order valence-corrected chi connectivity index (χ4v) is 2.75. The number of anilines is 1. The fraction of sp³-hybridized carbons (Fsp3) is 0. The van der Waals surface area contributed by atoms with E-state index in [1.54, 1.807) is 0 Å². The molecule has 0 bridgehead atoms. The summed E-state index contributed by atoms with van der Waals surface area (Å²) in [5.41, 5.74) is 0.884. The molecule has 0 unspecified atom stereocenters. The van der Waals surface area contributed by atoms with Crippen LogP contribution < -0.4 is 10.5 Å². The lowest BCUT2D eigenvalue weighted by Crippen LogP contribution is -2.12. The molecule has 24 heavy (non-hydrogen) atoms. The Labute approximate surface area is 146 Å². The zero-order valence-corrected chi connectivity index (χ0v) is 14.5. The minimum atomic E-state index is -3.78. The van der Waals surface area contributed by atoms with Gasteiger partial charge in [-0.2, -0.15) is 0 Å². The third-order valence-electron chi connectivity index (χ3n) is 2.96. The number of benzene rings is 2. The lowest BCUT2D eigenvalue weighted by Gasteiger charge is -2.04. The highest BCUT2D eigenvalue weighted by molar-refractivity contribution is 9.10. The van der Waals surface area contributed by atoms with Gasteiger partial charge in [0.05, 0.1) is 4.90 Å². The average Bonchev–Trinajstić information content (AvgIpc) is 2.49. The Kier molecular flexibility index (Phi) is 5.27. The SMILES string of the molecule is NS(=O)(=O)c1ccc(NC(=O)/C=C/c2cc(O)c(O)cc2Br)cc1. The van der Waals surface area contributed by atoms with Crippen molar-refractivity contribution in [3.63, 3.8) is 0 Å². The molecule has 0 aliphatic heterocycles. The van der Waals surface area contributed by atoms with E-state index >= 15 is 0 Å². The molecule has 126 valence electrons. The molecule has 2 aromatic carbocycles. The number of nitrogens with one attached hydrogen (secondary N) is 1. The molecule has 0 heterocycles. The molecule has 0 aliphatic carbocycles. The molecule has 0 spiro atoms. The van der Waals surface area contributed by atoms with E-state index in [0.717, 1.165) is 0 Å². The Morgan fingerprint density at radius 1 is 1.12 bits per heavy atom. The van der Waals surface area contributed by atoms with Crippen molar-refractivity contribution in [1.82, 2.24) is 0 Å². The van der Waals surface area contributed by atoms with E-state index in [1.807, 2.05) is 0 Å². The van der Waals surface area contributed by atoms with E-state index in [-0.39, 0.29) is 16.4 Å². The molecule has 0 fully saturated rings. The van der Waals surface area contributed by atoms with Gasteiger partial charge in [0.25, 0.3) is 0 Å². The third-order valence-corrected chi connectivity index (χ3v) is 4.57. The largest absolute Gasteiger partial charge is 0.504 e. The molecule has 0 radical (unpaired) electrons. The van der Waals surface area contributed by atoms with Crippen LogP contribution in [-0.2, 0) is 14.8 Å². The van der Waals surface area contributed by atoms with Gasteiger partial charge in [0.15, 0.2) is 11.5 Å². The molecule has 0 atom stereocenters. The topological polar surface area (TPSA) is 130 Å². The molecule has 0 aliphatic rings. The van der Waals surface area contributed by atoms with Gasteiger partial charge >= 0.3 is 0 Å². The number of rotatable bonds is 4. The second-order valence-electron chi connectivity index (χ2n) is 4.75. The summed E-state index contributed by atoms with van der Waals surface area (Å²) in [4.78, 5) is 11.8. The van der Waals surface area contributed by atoms with Crippen molar-refractivity contribution in [2.24, 2.45) is 5.14 Å². The first kappa shape index (κ1) is 18.0. The van der Waals surface area contributed by atoms with Crippen LogP contribution in [0.4, 0.5) is 5.69 Å². The van der Waals surface area contributed by atoms with E-state index in [2.05, 4.69) is 21.2 Å². The monoisotopic (exact) mass is 412 g/mol. The van der Waals surface area contributed by atoms with Gasteiger partial charge in [-0.25, -0.2) is 13.6 Å². The molecule has 0 aromatic heterocycles. The van der Waals surface area contributed by atoms with E-state index < -0.39 is 15.9 Å². The first-order chi connectivity index (χ1) is 11.2. The van der Waals surface area contributed by atoms with Gasteiger partial charge in [-0.15, -0.1) is 0 Å². The summed E-state index contributed by atoms with van der Waals surface area (Å²) in [6, 6.07) is 7.98. The molecular formula is C15H13BrN2O5S. The van der Waals surface area contributed by atoms with Crippen LogP contribution in [0.15, 0.2) is 51.8 Å². The summed E-state index contributed by atoms with van der Waals surface area (Å²) in [5, 5.41) is 26.3. The number of aromatic hydroxyl groups is 2. The Morgan fingerprint density at radius 3 is 2.29 bits per heavy atom. The maximum absolute atomic E-state index is 11.9. The summed E-state index contributed by atoms with van der Waals surface area (Å²) in [6.07, 6.45) is 2.67. The van der Waals surface area contributed by atoms with Crippen LogP contribution in [0.1, 0.15) is 5.56 Å². The summed E-state index contributed by atoms with van der Waals surface area (Å²) in [6.45, 7) is 0. The van der Waals surface area contributed by atoms with Crippen molar-refractivity contribution >= 4 is 43.6 Å². The van der Waals surface area contributed by atoms with Gasteiger partial charge in [0.2, 0.25) is 15.9 Å². The Morgan fingerprint density at radius 2 is 1.71 bits per heavy atom. The highest BCUT2D eigenvalue weighted by atomic mass is 79.9. The molecular weight excluding hydrogens is 400 g/mol. The van der Waals surface area contributed by atoms with Crippen molar-refractivity contribution < 1.29 is 23.4 Å². The lowest BCUT2D eigenvalue weighted by molar-refractivity contribution is -0.111. The van der Waals surface area contributed by atoms with Gasteiger partial charge in [0.1, 0.15) is 0 Å². The molecule has 0 saturated carbocycles. The first-order valence-electron chi connectivity index (χ1n) is 6.50. The van der Waals surface area contributed by atoms with Crippen LogP contribution in [0, 0.1) is 0 Å². The fourth-order valence-electron chi connectivity index (χ4n) is 1.77. The van der Waals surface area contributed by atoms with E-state index in [0.29, 0.717) is 15.7 Å². The molecule has 1 amide bonds. The summed E-state index contributed by atoms with van der Waals surface area (Å²) < 4.78 is 22.8. The van der Waals surface area contributed by atoms with E-state index in [9.17, 15) is 23.4 Å². The number of sulfonamides is 1. The molecule has 9 heteroatoms. The number of hydrogen-bond donors (Lipinski definition) is 4.